The first-order valence-electron chi connectivity index (χ1n) is 8.18. The summed E-state index contributed by atoms with van der Waals surface area (Å²) in [4.78, 5) is 28.2. The number of benzene rings is 2. The minimum Gasteiger partial charge on any atom is -0.378 e. The third-order valence-electron chi connectivity index (χ3n) is 4.22. The Kier molecular flexibility index (Phi) is 5.80. The van der Waals surface area contributed by atoms with Crippen molar-refractivity contribution in [2.75, 3.05) is 37.9 Å². The maximum atomic E-state index is 12.6. The summed E-state index contributed by atoms with van der Waals surface area (Å²) < 4.78 is 0. The highest BCUT2D eigenvalue weighted by molar-refractivity contribution is 6.00. The van der Waals surface area contributed by atoms with Crippen LogP contribution in [0.2, 0.25) is 0 Å². The highest BCUT2D eigenvalue weighted by atomic mass is 16.2. The number of hydrogen-bond donors (Lipinski definition) is 1. The highest BCUT2D eigenvalue weighted by Crippen LogP contribution is 2.18. The van der Waals surface area contributed by atoms with E-state index in [2.05, 4.69) is 5.32 Å². The van der Waals surface area contributed by atoms with E-state index in [1.165, 1.54) is 4.90 Å². The van der Waals surface area contributed by atoms with E-state index in [9.17, 15) is 9.59 Å². The quantitative estimate of drug-likeness (QED) is 0.911. The Labute approximate surface area is 149 Å². The zero-order valence-corrected chi connectivity index (χ0v) is 15.5. The number of anilines is 2. The average Bonchev–Trinajstić information content (AvgIpc) is 2.58. The molecule has 0 aliphatic rings. The number of rotatable bonds is 5. The van der Waals surface area contributed by atoms with E-state index in [-0.39, 0.29) is 18.4 Å². The second kappa shape index (κ2) is 7.83. The number of carbonyl (C=O) groups is 2. The fourth-order valence-electron chi connectivity index (χ4n) is 2.50. The van der Waals surface area contributed by atoms with Crippen molar-refractivity contribution in [2.24, 2.45) is 0 Å². The van der Waals surface area contributed by atoms with Crippen molar-refractivity contribution in [3.63, 3.8) is 0 Å². The summed E-state index contributed by atoms with van der Waals surface area (Å²) in [7, 11) is 5.48. The fourth-order valence-corrected chi connectivity index (χ4v) is 2.50. The topological polar surface area (TPSA) is 52.7 Å². The number of likely N-dealkylation sites (N-methyl/N-ethyl adjacent to an activating group) is 1. The van der Waals surface area contributed by atoms with Crippen molar-refractivity contribution in [3.05, 3.63) is 59.2 Å². The van der Waals surface area contributed by atoms with E-state index in [1.807, 2.05) is 69.2 Å². The molecular formula is C20H25N3O2. The molecule has 0 atom stereocenters. The van der Waals surface area contributed by atoms with Gasteiger partial charge in [-0.15, -0.1) is 0 Å². The van der Waals surface area contributed by atoms with Gasteiger partial charge >= 0.3 is 0 Å². The SMILES string of the molecule is Cc1cccc(NC(=O)CN(C)C(=O)c2cccc(N(C)C)c2)c1C. The van der Waals surface area contributed by atoms with E-state index >= 15 is 0 Å². The molecule has 0 spiro atoms. The van der Waals surface area contributed by atoms with Gasteiger partial charge in [-0.1, -0.05) is 18.2 Å². The molecule has 2 aromatic rings. The van der Waals surface area contributed by atoms with Crippen LogP contribution < -0.4 is 10.2 Å². The van der Waals surface area contributed by atoms with Gasteiger partial charge in [-0.05, 0) is 49.2 Å². The number of amides is 2. The molecule has 25 heavy (non-hydrogen) atoms. The van der Waals surface area contributed by atoms with Crippen molar-refractivity contribution in [3.8, 4) is 0 Å². The molecule has 2 aromatic carbocycles. The fraction of sp³-hybridized carbons (Fsp3) is 0.300. The van der Waals surface area contributed by atoms with Gasteiger partial charge in [0.25, 0.3) is 5.91 Å². The van der Waals surface area contributed by atoms with Crippen LogP contribution in [0.1, 0.15) is 21.5 Å². The Balaban J connectivity index is 2.04. The van der Waals surface area contributed by atoms with Gasteiger partial charge < -0.3 is 15.1 Å². The molecule has 0 saturated heterocycles. The molecule has 0 heterocycles. The summed E-state index contributed by atoms with van der Waals surface area (Å²) in [6.07, 6.45) is 0. The zero-order chi connectivity index (χ0) is 18.6. The standard InChI is InChI=1S/C20H25N3O2/c1-14-8-6-11-18(15(14)2)21-19(24)13-23(5)20(25)16-9-7-10-17(12-16)22(3)4/h6-12H,13H2,1-5H3,(H,21,24). The van der Waals surface area contributed by atoms with Gasteiger partial charge in [0.15, 0.2) is 0 Å². The maximum absolute atomic E-state index is 12.6. The summed E-state index contributed by atoms with van der Waals surface area (Å²) in [5, 5.41) is 2.88. The smallest absolute Gasteiger partial charge is 0.254 e. The van der Waals surface area contributed by atoms with Gasteiger partial charge in [0, 0.05) is 38.1 Å². The van der Waals surface area contributed by atoms with E-state index in [0.29, 0.717) is 5.56 Å². The summed E-state index contributed by atoms with van der Waals surface area (Å²) in [6, 6.07) is 13.1. The van der Waals surface area contributed by atoms with Crippen LogP contribution in [0.25, 0.3) is 0 Å². The third kappa shape index (κ3) is 4.59. The Morgan fingerprint density at radius 3 is 2.36 bits per heavy atom. The molecule has 2 amide bonds. The van der Waals surface area contributed by atoms with Crippen molar-refractivity contribution >= 4 is 23.2 Å². The van der Waals surface area contributed by atoms with E-state index < -0.39 is 0 Å². The van der Waals surface area contributed by atoms with Crippen LogP contribution in [0.15, 0.2) is 42.5 Å². The molecule has 0 aliphatic heterocycles. The Morgan fingerprint density at radius 2 is 1.68 bits per heavy atom. The molecule has 0 aromatic heterocycles. The summed E-state index contributed by atoms with van der Waals surface area (Å²) in [6.45, 7) is 3.96. The van der Waals surface area contributed by atoms with Crippen LogP contribution in [0.5, 0.6) is 0 Å². The zero-order valence-electron chi connectivity index (χ0n) is 15.5. The van der Waals surface area contributed by atoms with Gasteiger partial charge in [-0.3, -0.25) is 9.59 Å². The molecular weight excluding hydrogens is 314 g/mol. The Hall–Kier alpha value is -2.82. The van der Waals surface area contributed by atoms with Crippen LogP contribution in [0.3, 0.4) is 0 Å². The maximum Gasteiger partial charge on any atom is 0.254 e. The normalized spacial score (nSPS) is 10.3. The van der Waals surface area contributed by atoms with Gasteiger partial charge in [-0.2, -0.15) is 0 Å². The molecule has 5 heteroatoms. The van der Waals surface area contributed by atoms with Gasteiger partial charge in [-0.25, -0.2) is 0 Å². The minimum absolute atomic E-state index is 0.00158. The summed E-state index contributed by atoms with van der Waals surface area (Å²) in [5.74, 6) is -0.395. The number of hydrogen-bond acceptors (Lipinski definition) is 3. The first-order valence-corrected chi connectivity index (χ1v) is 8.18. The second-order valence-electron chi connectivity index (χ2n) is 6.40. The third-order valence-corrected chi connectivity index (χ3v) is 4.22. The lowest BCUT2D eigenvalue weighted by Gasteiger charge is -2.19. The van der Waals surface area contributed by atoms with E-state index in [0.717, 1.165) is 22.5 Å². The second-order valence-corrected chi connectivity index (χ2v) is 6.40. The molecule has 0 fully saturated rings. The molecule has 0 aliphatic carbocycles. The molecule has 0 radical (unpaired) electrons. The number of nitrogens with one attached hydrogen (secondary N) is 1. The molecule has 5 nitrogen and oxygen atoms in total. The van der Waals surface area contributed by atoms with E-state index in [1.54, 1.807) is 13.1 Å². The highest BCUT2D eigenvalue weighted by Gasteiger charge is 2.16. The van der Waals surface area contributed by atoms with Crippen LogP contribution >= 0.6 is 0 Å². The molecule has 0 bridgehead atoms. The number of carbonyl (C=O) groups excluding carboxylic acids is 2. The number of aryl methyl sites for hydroxylation is 1. The molecule has 1 N–H and O–H groups in total. The van der Waals surface area contributed by atoms with Crippen LogP contribution in [0.4, 0.5) is 11.4 Å². The minimum atomic E-state index is -0.215. The summed E-state index contributed by atoms with van der Waals surface area (Å²) >= 11 is 0. The molecule has 2 rings (SSSR count). The Morgan fingerprint density at radius 1 is 1.00 bits per heavy atom. The predicted octanol–water partition coefficient (Wildman–Crippen LogP) is 3.08. The predicted molar refractivity (Wildman–Crippen MR) is 102 cm³/mol. The lowest BCUT2D eigenvalue weighted by atomic mass is 10.1. The van der Waals surface area contributed by atoms with Crippen LogP contribution in [-0.2, 0) is 4.79 Å². The van der Waals surface area contributed by atoms with Gasteiger partial charge in [0.1, 0.15) is 0 Å². The molecule has 0 unspecified atom stereocenters. The van der Waals surface area contributed by atoms with E-state index in [4.69, 9.17) is 0 Å². The van der Waals surface area contributed by atoms with Crippen LogP contribution in [0, 0.1) is 13.8 Å². The monoisotopic (exact) mass is 339 g/mol. The van der Waals surface area contributed by atoms with Crippen molar-refractivity contribution in [2.45, 2.75) is 13.8 Å². The first-order chi connectivity index (χ1) is 11.8. The lowest BCUT2D eigenvalue weighted by Crippen LogP contribution is -2.35. The van der Waals surface area contributed by atoms with Crippen molar-refractivity contribution < 1.29 is 9.59 Å². The van der Waals surface area contributed by atoms with Gasteiger partial charge in [0.2, 0.25) is 5.91 Å². The lowest BCUT2D eigenvalue weighted by molar-refractivity contribution is -0.116. The first kappa shape index (κ1) is 18.5. The average molecular weight is 339 g/mol. The molecule has 132 valence electrons. The molecule has 0 saturated carbocycles. The van der Waals surface area contributed by atoms with Crippen LogP contribution in [-0.4, -0.2) is 44.4 Å². The van der Waals surface area contributed by atoms with Gasteiger partial charge in [0.05, 0.1) is 6.54 Å². The van der Waals surface area contributed by atoms with Crippen molar-refractivity contribution in [1.29, 1.82) is 0 Å². The number of nitrogens with zero attached hydrogens (tertiary/aromatic N) is 2. The Bertz CT molecular complexity index is 784. The van der Waals surface area contributed by atoms with Crippen molar-refractivity contribution in [1.82, 2.24) is 4.90 Å². The summed E-state index contributed by atoms with van der Waals surface area (Å²) in [5.41, 5.74) is 4.43. The largest absolute Gasteiger partial charge is 0.378 e.